The van der Waals surface area contributed by atoms with Gasteiger partial charge in [-0.2, -0.15) is 5.26 Å². The number of rotatable bonds is 4. The first kappa shape index (κ1) is 20.7. The Morgan fingerprint density at radius 2 is 1.79 bits per heavy atom. The van der Waals surface area contributed by atoms with Crippen molar-refractivity contribution in [2.75, 3.05) is 0 Å². The van der Waals surface area contributed by atoms with Crippen LogP contribution in [0.5, 0.6) is 0 Å². The fraction of sp³-hybridized carbons (Fsp3) is 0.138. The van der Waals surface area contributed by atoms with E-state index in [1.54, 1.807) is 12.1 Å². The first-order valence-electron chi connectivity index (χ1n) is 11.0. The summed E-state index contributed by atoms with van der Waals surface area (Å²) in [5.74, 6) is -0.342. The summed E-state index contributed by atoms with van der Waals surface area (Å²) < 4.78 is 5.72. The molecule has 0 aliphatic heterocycles. The summed E-state index contributed by atoms with van der Waals surface area (Å²) in [6.07, 6.45) is 3.76. The molecule has 1 aliphatic carbocycles. The van der Waals surface area contributed by atoms with E-state index in [2.05, 4.69) is 43.3 Å². The molecule has 1 aliphatic rings. The highest BCUT2D eigenvalue weighted by atomic mass is 16.5. The molecule has 4 nitrogen and oxygen atoms in total. The van der Waals surface area contributed by atoms with Gasteiger partial charge in [-0.15, -0.1) is 0 Å². The van der Waals surface area contributed by atoms with Gasteiger partial charge in [-0.25, -0.2) is 9.78 Å². The van der Waals surface area contributed by atoms with Gasteiger partial charge < -0.3 is 4.74 Å². The van der Waals surface area contributed by atoms with E-state index in [9.17, 15) is 4.79 Å². The molecule has 33 heavy (non-hydrogen) atoms. The number of hydrogen-bond acceptors (Lipinski definition) is 4. The van der Waals surface area contributed by atoms with Crippen molar-refractivity contribution in [2.45, 2.75) is 26.4 Å². The maximum absolute atomic E-state index is 13.3. The van der Waals surface area contributed by atoms with E-state index < -0.39 is 0 Å². The topological polar surface area (TPSA) is 63.0 Å². The molecule has 0 saturated heterocycles. The third-order valence-electron chi connectivity index (χ3n) is 6.02. The molecular weight excluding hydrogens is 408 g/mol. The molecule has 5 rings (SSSR count). The van der Waals surface area contributed by atoms with Crippen LogP contribution in [-0.2, 0) is 17.8 Å². The molecule has 0 atom stereocenters. The molecular formula is C29H22N2O2. The highest BCUT2D eigenvalue weighted by molar-refractivity contribution is 6.07. The van der Waals surface area contributed by atoms with Crippen LogP contribution in [0.1, 0.15) is 50.3 Å². The van der Waals surface area contributed by atoms with Crippen molar-refractivity contribution in [3.05, 3.63) is 112 Å². The number of aryl methyl sites for hydroxylation is 1. The number of esters is 1. The molecule has 1 heterocycles. The fourth-order valence-corrected chi connectivity index (χ4v) is 4.27. The Hall–Kier alpha value is -4.23. The van der Waals surface area contributed by atoms with Gasteiger partial charge in [0.2, 0.25) is 0 Å². The number of nitriles is 1. The SMILES string of the molecule is Cc1ccc(C=C2CCc3c2nc2ccccc2c3C(=O)OCc2ccc(C#N)cc2)cc1. The molecule has 4 heteroatoms. The lowest BCUT2D eigenvalue weighted by atomic mass is 10.0. The van der Waals surface area contributed by atoms with Gasteiger partial charge in [-0.05, 0) is 66.3 Å². The monoisotopic (exact) mass is 430 g/mol. The van der Waals surface area contributed by atoms with E-state index in [0.717, 1.165) is 51.7 Å². The van der Waals surface area contributed by atoms with Gasteiger partial charge in [0.1, 0.15) is 6.61 Å². The van der Waals surface area contributed by atoms with Gasteiger partial charge in [0, 0.05) is 5.39 Å². The molecule has 1 aromatic heterocycles. The number of allylic oxidation sites excluding steroid dienone is 1. The van der Waals surface area contributed by atoms with Crippen LogP contribution in [0.2, 0.25) is 0 Å². The molecule has 4 aromatic rings. The van der Waals surface area contributed by atoms with E-state index in [4.69, 9.17) is 15.0 Å². The number of fused-ring (bicyclic) bond motifs is 2. The maximum atomic E-state index is 13.3. The smallest absolute Gasteiger partial charge is 0.339 e. The normalized spacial score (nSPS) is 13.6. The number of hydrogen-bond donors (Lipinski definition) is 0. The number of ether oxygens (including phenoxy) is 1. The molecule has 0 spiro atoms. The lowest BCUT2D eigenvalue weighted by molar-refractivity contribution is 0.0474. The van der Waals surface area contributed by atoms with Crippen molar-refractivity contribution >= 4 is 28.5 Å². The summed E-state index contributed by atoms with van der Waals surface area (Å²) in [5, 5.41) is 9.78. The number of aromatic nitrogens is 1. The van der Waals surface area contributed by atoms with Crippen LogP contribution >= 0.6 is 0 Å². The Balaban J connectivity index is 1.51. The van der Waals surface area contributed by atoms with Crippen LogP contribution < -0.4 is 0 Å². The molecule has 160 valence electrons. The largest absolute Gasteiger partial charge is 0.457 e. The van der Waals surface area contributed by atoms with Gasteiger partial charge in [0.05, 0.1) is 28.4 Å². The Bertz CT molecular complexity index is 1430. The minimum absolute atomic E-state index is 0.155. The number of carbonyl (C=O) groups excluding carboxylic acids is 1. The second-order valence-corrected chi connectivity index (χ2v) is 8.30. The predicted molar refractivity (Wildman–Crippen MR) is 129 cm³/mol. The minimum atomic E-state index is -0.342. The zero-order valence-electron chi connectivity index (χ0n) is 18.3. The minimum Gasteiger partial charge on any atom is -0.457 e. The Kier molecular flexibility index (Phi) is 5.46. The van der Waals surface area contributed by atoms with Gasteiger partial charge in [-0.3, -0.25) is 0 Å². The Morgan fingerprint density at radius 1 is 1.03 bits per heavy atom. The Morgan fingerprint density at radius 3 is 2.55 bits per heavy atom. The summed E-state index contributed by atoms with van der Waals surface area (Å²) >= 11 is 0. The molecule has 0 N–H and O–H groups in total. The molecule has 0 saturated carbocycles. The van der Waals surface area contributed by atoms with Crippen molar-refractivity contribution in [2.24, 2.45) is 0 Å². The standard InChI is InChI=1S/C29H22N2O2/c1-19-6-8-20(9-7-19)16-23-14-15-25-27(24-4-2-3-5-26(24)31-28(23)25)29(32)33-18-22-12-10-21(17-30)11-13-22/h2-13,16H,14-15,18H2,1H3. The summed E-state index contributed by atoms with van der Waals surface area (Å²) in [5.41, 5.74) is 8.16. The molecule has 3 aromatic carbocycles. The van der Waals surface area contributed by atoms with Crippen LogP contribution in [0, 0.1) is 18.3 Å². The second-order valence-electron chi connectivity index (χ2n) is 8.30. The van der Waals surface area contributed by atoms with Gasteiger partial charge in [0.15, 0.2) is 0 Å². The molecule has 0 radical (unpaired) electrons. The molecule has 0 amide bonds. The van der Waals surface area contributed by atoms with Crippen LogP contribution in [0.15, 0.2) is 72.8 Å². The summed E-state index contributed by atoms with van der Waals surface area (Å²) in [7, 11) is 0. The maximum Gasteiger partial charge on any atom is 0.339 e. The van der Waals surface area contributed by atoms with E-state index in [0.29, 0.717) is 11.1 Å². The van der Waals surface area contributed by atoms with Crippen LogP contribution in [0.4, 0.5) is 0 Å². The molecule has 0 fully saturated rings. The zero-order valence-corrected chi connectivity index (χ0v) is 18.3. The van der Waals surface area contributed by atoms with Crippen molar-refractivity contribution < 1.29 is 9.53 Å². The lowest BCUT2D eigenvalue weighted by Gasteiger charge is -2.12. The highest BCUT2D eigenvalue weighted by Gasteiger charge is 2.27. The number of carbonyl (C=O) groups is 1. The van der Waals surface area contributed by atoms with E-state index in [-0.39, 0.29) is 12.6 Å². The summed E-state index contributed by atoms with van der Waals surface area (Å²) in [6.45, 7) is 2.23. The van der Waals surface area contributed by atoms with Crippen molar-refractivity contribution in [1.29, 1.82) is 5.26 Å². The quantitative estimate of drug-likeness (QED) is 0.359. The molecule has 0 unspecified atom stereocenters. The van der Waals surface area contributed by atoms with Crippen LogP contribution in [-0.4, -0.2) is 11.0 Å². The fourth-order valence-electron chi connectivity index (χ4n) is 4.27. The van der Waals surface area contributed by atoms with Gasteiger partial charge >= 0.3 is 5.97 Å². The summed E-state index contributed by atoms with van der Waals surface area (Å²) in [6, 6.07) is 25.3. The van der Waals surface area contributed by atoms with E-state index in [1.165, 1.54) is 5.56 Å². The highest BCUT2D eigenvalue weighted by Crippen LogP contribution is 2.38. The first-order valence-corrected chi connectivity index (χ1v) is 11.0. The third-order valence-corrected chi connectivity index (χ3v) is 6.02. The third kappa shape index (κ3) is 4.14. The Labute approximate surface area is 192 Å². The van der Waals surface area contributed by atoms with Gasteiger partial charge in [-0.1, -0.05) is 60.2 Å². The van der Waals surface area contributed by atoms with Crippen molar-refractivity contribution in [3.63, 3.8) is 0 Å². The summed E-state index contributed by atoms with van der Waals surface area (Å²) in [4.78, 5) is 18.2. The van der Waals surface area contributed by atoms with E-state index >= 15 is 0 Å². The van der Waals surface area contributed by atoms with Crippen LogP contribution in [0.25, 0.3) is 22.6 Å². The number of para-hydroxylation sites is 1. The second kappa shape index (κ2) is 8.72. The number of nitrogens with zero attached hydrogens (tertiary/aromatic N) is 2. The number of pyridine rings is 1. The van der Waals surface area contributed by atoms with Gasteiger partial charge in [0.25, 0.3) is 0 Å². The van der Waals surface area contributed by atoms with Crippen molar-refractivity contribution in [1.82, 2.24) is 4.98 Å². The first-order chi connectivity index (χ1) is 16.1. The average molecular weight is 431 g/mol. The molecule has 0 bridgehead atoms. The lowest BCUT2D eigenvalue weighted by Crippen LogP contribution is -2.10. The predicted octanol–water partition coefficient (Wildman–Crippen LogP) is 6.26. The van der Waals surface area contributed by atoms with Crippen molar-refractivity contribution in [3.8, 4) is 6.07 Å². The van der Waals surface area contributed by atoms with Crippen LogP contribution in [0.3, 0.4) is 0 Å². The zero-order chi connectivity index (χ0) is 22.8. The number of benzene rings is 3. The van der Waals surface area contributed by atoms with E-state index in [1.807, 2.05) is 36.4 Å². The average Bonchev–Trinajstić information content (AvgIpc) is 3.24.